The predicted octanol–water partition coefficient (Wildman–Crippen LogP) is 0.298. The van der Waals surface area contributed by atoms with Gasteiger partial charge in [0.25, 0.3) is 5.91 Å². The lowest BCUT2D eigenvalue weighted by molar-refractivity contribution is 0.0121. The highest BCUT2D eigenvalue weighted by atomic mass is 16.5. The first-order valence-electron chi connectivity index (χ1n) is 6.33. The van der Waals surface area contributed by atoms with Gasteiger partial charge in [-0.15, -0.1) is 0 Å². The minimum atomic E-state index is 0.0542. The summed E-state index contributed by atoms with van der Waals surface area (Å²) in [6.45, 7) is 4.47. The lowest BCUT2D eigenvalue weighted by atomic mass is 10.1. The van der Waals surface area contributed by atoms with Crippen LogP contribution in [0.4, 0.5) is 0 Å². The number of hydrogen-bond donors (Lipinski definition) is 2. The van der Waals surface area contributed by atoms with E-state index in [9.17, 15) is 4.79 Å². The van der Waals surface area contributed by atoms with Crippen molar-refractivity contribution in [1.82, 2.24) is 15.1 Å². The molecule has 2 heterocycles. The van der Waals surface area contributed by atoms with E-state index in [1.807, 2.05) is 11.8 Å². The van der Waals surface area contributed by atoms with Crippen molar-refractivity contribution in [3.63, 3.8) is 0 Å². The Kier molecular flexibility index (Phi) is 4.33. The molecular formula is C12H20N4O2. The van der Waals surface area contributed by atoms with Crippen molar-refractivity contribution in [2.24, 2.45) is 5.73 Å². The van der Waals surface area contributed by atoms with Crippen molar-refractivity contribution < 1.29 is 9.53 Å². The molecule has 3 N–H and O–H groups in total. The van der Waals surface area contributed by atoms with E-state index < -0.39 is 0 Å². The molecule has 6 nitrogen and oxygen atoms in total. The smallest absolute Gasteiger partial charge is 0.257 e. The summed E-state index contributed by atoms with van der Waals surface area (Å²) in [5, 5.41) is 6.67. The Morgan fingerprint density at radius 1 is 1.61 bits per heavy atom. The van der Waals surface area contributed by atoms with Gasteiger partial charge < -0.3 is 15.4 Å². The third kappa shape index (κ3) is 2.88. The number of nitrogens with one attached hydrogen (secondary N) is 1. The second-order valence-electron chi connectivity index (χ2n) is 4.56. The van der Waals surface area contributed by atoms with Crippen LogP contribution in [0.5, 0.6) is 0 Å². The van der Waals surface area contributed by atoms with Crippen LogP contribution in [0.25, 0.3) is 0 Å². The molecule has 0 atom stereocenters. The Balaban J connectivity index is 1.86. The number of piperidine rings is 1. The lowest BCUT2D eigenvalue weighted by Gasteiger charge is -2.31. The molecule has 1 aliphatic rings. The number of hydrogen-bond acceptors (Lipinski definition) is 4. The van der Waals surface area contributed by atoms with Crippen molar-refractivity contribution >= 4 is 5.91 Å². The van der Waals surface area contributed by atoms with Crippen LogP contribution >= 0.6 is 0 Å². The Labute approximate surface area is 106 Å². The third-order valence-corrected chi connectivity index (χ3v) is 3.26. The summed E-state index contributed by atoms with van der Waals surface area (Å²) in [4.78, 5) is 14.1. The number of ether oxygens (including phenoxy) is 1. The van der Waals surface area contributed by atoms with Crippen molar-refractivity contribution in [3.05, 3.63) is 17.5 Å². The molecule has 1 amide bonds. The van der Waals surface area contributed by atoms with E-state index >= 15 is 0 Å². The van der Waals surface area contributed by atoms with Crippen LogP contribution in [0.2, 0.25) is 0 Å². The third-order valence-electron chi connectivity index (χ3n) is 3.26. The zero-order chi connectivity index (χ0) is 13.0. The molecule has 1 saturated heterocycles. The van der Waals surface area contributed by atoms with Gasteiger partial charge in [-0.2, -0.15) is 5.10 Å². The van der Waals surface area contributed by atoms with E-state index in [0.717, 1.165) is 31.6 Å². The van der Waals surface area contributed by atoms with Gasteiger partial charge in [-0.05, 0) is 19.8 Å². The number of aromatic amines is 1. The largest absolute Gasteiger partial charge is 0.377 e. The molecular weight excluding hydrogens is 232 g/mol. The standard InChI is InChI=1S/C12H20N4O2/c1-9-11(8-14-15-9)12(17)16-5-2-10(3-6-16)18-7-4-13/h8,10H,2-7,13H2,1H3,(H,14,15). The van der Waals surface area contributed by atoms with Crippen molar-refractivity contribution in [2.75, 3.05) is 26.2 Å². The molecule has 1 aliphatic heterocycles. The molecule has 1 aromatic rings. The van der Waals surface area contributed by atoms with Gasteiger partial charge in [-0.25, -0.2) is 0 Å². The molecule has 1 aromatic heterocycles. The van der Waals surface area contributed by atoms with Crippen molar-refractivity contribution in [3.8, 4) is 0 Å². The van der Waals surface area contributed by atoms with Crippen LogP contribution in [0.1, 0.15) is 28.9 Å². The minimum Gasteiger partial charge on any atom is -0.377 e. The molecule has 0 aromatic carbocycles. The average Bonchev–Trinajstić information content (AvgIpc) is 2.82. The summed E-state index contributed by atoms with van der Waals surface area (Å²) < 4.78 is 5.59. The number of carbonyl (C=O) groups excluding carboxylic acids is 1. The molecule has 0 aliphatic carbocycles. The Morgan fingerprint density at radius 2 is 2.33 bits per heavy atom. The highest BCUT2D eigenvalue weighted by molar-refractivity contribution is 5.95. The normalized spacial score (nSPS) is 17.1. The summed E-state index contributed by atoms with van der Waals surface area (Å²) in [5.41, 5.74) is 6.89. The monoisotopic (exact) mass is 252 g/mol. The Bertz CT molecular complexity index is 397. The quantitative estimate of drug-likeness (QED) is 0.807. The number of H-pyrrole nitrogens is 1. The first-order chi connectivity index (χ1) is 8.72. The fourth-order valence-electron chi connectivity index (χ4n) is 2.20. The van der Waals surface area contributed by atoms with E-state index in [-0.39, 0.29) is 12.0 Å². The summed E-state index contributed by atoms with van der Waals surface area (Å²) in [7, 11) is 0. The number of amides is 1. The maximum absolute atomic E-state index is 12.2. The summed E-state index contributed by atoms with van der Waals surface area (Å²) in [6.07, 6.45) is 3.59. The van der Waals surface area contributed by atoms with Crippen LogP contribution in [-0.4, -0.2) is 53.3 Å². The summed E-state index contributed by atoms with van der Waals surface area (Å²) in [6, 6.07) is 0. The zero-order valence-corrected chi connectivity index (χ0v) is 10.7. The topological polar surface area (TPSA) is 84.2 Å². The van der Waals surface area contributed by atoms with Gasteiger partial charge in [0.15, 0.2) is 0 Å². The van der Waals surface area contributed by atoms with Crippen LogP contribution in [0.3, 0.4) is 0 Å². The van der Waals surface area contributed by atoms with Gasteiger partial charge in [0.1, 0.15) is 0 Å². The van der Waals surface area contributed by atoms with Crippen LogP contribution in [0.15, 0.2) is 6.20 Å². The number of rotatable bonds is 4. The van der Waals surface area contributed by atoms with Crippen LogP contribution in [-0.2, 0) is 4.74 Å². The number of nitrogens with two attached hydrogens (primary N) is 1. The van der Waals surface area contributed by atoms with E-state index in [1.165, 1.54) is 0 Å². The number of aromatic nitrogens is 2. The molecule has 0 spiro atoms. The lowest BCUT2D eigenvalue weighted by Crippen LogP contribution is -2.41. The molecule has 2 rings (SSSR count). The van der Waals surface area contributed by atoms with Crippen molar-refractivity contribution in [1.29, 1.82) is 0 Å². The van der Waals surface area contributed by atoms with E-state index in [1.54, 1.807) is 6.20 Å². The first kappa shape index (κ1) is 13.0. The Hall–Kier alpha value is -1.40. The van der Waals surface area contributed by atoms with E-state index in [0.29, 0.717) is 18.7 Å². The predicted molar refractivity (Wildman–Crippen MR) is 67.3 cm³/mol. The molecule has 0 saturated carbocycles. The fourth-order valence-corrected chi connectivity index (χ4v) is 2.20. The maximum Gasteiger partial charge on any atom is 0.257 e. The molecule has 1 fully saturated rings. The highest BCUT2D eigenvalue weighted by Gasteiger charge is 2.25. The van der Waals surface area contributed by atoms with E-state index in [4.69, 9.17) is 10.5 Å². The number of aryl methyl sites for hydroxylation is 1. The fraction of sp³-hybridized carbons (Fsp3) is 0.667. The van der Waals surface area contributed by atoms with Gasteiger partial charge >= 0.3 is 0 Å². The van der Waals surface area contributed by atoms with E-state index in [2.05, 4.69) is 10.2 Å². The summed E-state index contributed by atoms with van der Waals surface area (Å²) >= 11 is 0. The molecule has 0 unspecified atom stereocenters. The Morgan fingerprint density at radius 3 is 2.89 bits per heavy atom. The minimum absolute atomic E-state index is 0.0542. The first-order valence-corrected chi connectivity index (χ1v) is 6.33. The van der Waals surface area contributed by atoms with Gasteiger partial charge in [0, 0.05) is 25.3 Å². The molecule has 0 bridgehead atoms. The van der Waals surface area contributed by atoms with Crippen LogP contribution in [0, 0.1) is 6.92 Å². The number of carbonyl (C=O) groups is 1. The van der Waals surface area contributed by atoms with Crippen LogP contribution < -0.4 is 5.73 Å². The molecule has 6 heteroatoms. The zero-order valence-electron chi connectivity index (χ0n) is 10.7. The van der Waals surface area contributed by atoms with Gasteiger partial charge in [-0.1, -0.05) is 0 Å². The highest BCUT2D eigenvalue weighted by Crippen LogP contribution is 2.16. The molecule has 18 heavy (non-hydrogen) atoms. The second-order valence-corrected chi connectivity index (χ2v) is 4.56. The molecule has 0 radical (unpaired) electrons. The number of likely N-dealkylation sites (tertiary alicyclic amines) is 1. The van der Waals surface area contributed by atoms with Gasteiger partial charge in [-0.3, -0.25) is 9.89 Å². The average molecular weight is 252 g/mol. The maximum atomic E-state index is 12.2. The molecule has 100 valence electrons. The van der Waals surface area contributed by atoms with Gasteiger partial charge in [0.2, 0.25) is 0 Å². The number of nitrogens with zero attached hydrogens (tertiary/aromatic N) is 2. The SMILES string of the molecule is Cc1[nH]ncc1C(=O)N1CCC(OCCN)CC1. The second kappa shape index (κ2) is 5.97. The van der Waals surface area contributed by atoms with Crippen molar-refractivity contribution in [2.45, 2.75) is 25.9 Å². The summed E-state index contributed by atoms with van der Waals surface area (Å²) in [5.74, 6) is 0.0542. The van der Waals surface area contributed by atoms with Gasteiger partial charge in [0.05, 0.1) is 24.5 Å².